The highest BCUT2D eigenvalue weighted by atomic mass is 32.2. The lowest BCUT2D eigenvalue weighted by Gasteiger charge is -1.93. The largest absolute Gasteiger partial charge is 0.285 e. The topological polar surface area (TPSA) is 51.2 Å². The van der Waals surface area contributed by atoms with Crippen LogP contribution < -0.4 is 0 Å². The number of sulfone groups is 1. The fraction of sp³-hybridized carbons (Fsp3) is 0.833. The van der Waals surface area contributed by atoms with Crippen molar-refractivity contribution >= 4 is 15.5 Å². The molecule has 0 spiro atoms. The maximum absolute atomic E-state index is 10.5. The van der Waals surface area contributed by atoms with Crippen molar-refractivity contribution in [2.45, 2.75) is 26.2 Å². The van der Waals surface area contributed by atoms with E-state index in [1.807, 2.05) is 6.92 Å². The van der Waals surface area contributed by atoms with Crippen LogP contribution in [0.1, 0.15) is 26.2 Å². The lowest BCUT2D eigenvalue weighted by molar-refractivity contribution is 0.555. The first-order chi connectivity index (χ1) is 4.62. The molecule has 0 fully saturated rings. The first-order valence-electron chi connectivity index (χ1n) is 3.30. The number of carbonyl (C=O) groups excluding carboxylic acids is 1. The van der Waals surface area contributed by atoms with Crippen LogP contribution in [0.25, 0.3) is 0 Å². The molecule has 0 amide bonds. The third-order valence-corrected chi connectivity index (χ3v) is 2.33. The molecule has 4 heteroatoms. The molecular formula is C6H12O3S. The number of carbonyl (C=O) groups is 1. The first-order valence-corrected chi connectivity index (χ1v) is 5.02. The number of hydrogen-bond acceptors (Lipinski definition) is 3. The molecule has 0 N–H and O–H groups in total. The fourth-order valence-electron chi connectivity index (χ4n) is 0.601. The molecule has 0 radical (unpaired) electrons. The molecule has 0 atom stereocenters. The molecule has 0 rings (SSSR count). The van der Waals surface area contributed by atoms with E-state index in [0.717, 1.165) is 12.8 Å². The zero-order valence-electron chi connectivity index (χ0n) is 6.04. The SMILES string of the molecule is CCCCCS(=O)(=O)C=O. The molecule has 3 nitrogen and oxygen atoms in total. The van der Waals surface area contributed by atoms with Crippen molar-refractivity contribution in [1.29, 1.82) is 0 Å². The van der Waals surface area contributed by atoms with Gasteiger partial charge >= 0.3 is 0 Å². The lowest BCUT2D eigenvalue weighted by Crippen LogP contribution is -2.06. The Morgan fingerprint density at radius 2 is 1.90 bits per heavy atom. The van der Waals surface area contributed by atoms with Crippen LogP contribution in [0.4, 0.5) is 0 Å². The molecule has 0 aromatic rings. The van der Waals surface area contributed by atoms with Gasteiger partial charge in [0.05, 0.1) is 5.75 Å². The molecule has 0 aromatic carbocycles. The fourth-order valence-corrected chi connectivity index (χ4v) is 1.30. The summed E-state index contributed by atoms with van der Waals surface area (Å²) in [7, 11) is -3.37. The van der Waals surface area contributed by atoms with Gasteiger partial charge in [-0.2, -0.15) is 0 Å². The number of unbranched alkanes of at least 4 members (excludes halogenated alkanes) is 2. The highest BCUT2D eigenvalue weighted by molar-refractivity contribution is 8.04. The van der Waals surface area contributed by atoms with Gasteiger partial charge in [0.1, 0.15) is 0 Å². The van der Waals surface area contributed by atoms with Crippen LogP contribution in [0.5, 0.6) is 0 Å². The van der Waals surface area contributed by atoms with Crippen molar-refractivity contribution in [3.8, 4) is 0 Å². The predicted octanol–water partition coefficient (Wildman–Crippen LogP) is 0.782. The van der Waals surface area contributed by atoms with Crippen molar-refractivity contribution < 1.29 is 13.2 Å². The Morgan fingerprint density at radius 3 is 2.30 bits per heavy atom. The van der Waals surface area contributed by atoms with Gasteiger partial charge in [0.2, 0.25) is 15.5 Å². The van der Waals surface area contributed by atoms with Gasteiger partial charge in [-0.3, -0.25) is 4.79 Å². The Hall–Kier alpha value is -0.380. The van der Waals surface area contributed by atoms with Gasteiger partial charge in [0.15, 0.2) is 0 Å². The van der Waals surface area contributed by atoms with E-state index in [4.69, 9.17) is 0 Å². The van der Waals surface area contributed by atoms with E-state index in [2.05, 4.69) is 0 Å². The maximum atomic E-state index is 10.5. The lowest BCUT2D eigenvalue weighted by atomic mass is 10.3. The maximum Gasteiger partial charge on any atom is 0.234 e. The molecule has 0 saturated heterocycles. The molecule has 0 aliphatic rings. The van der Waals surface area contributed by atoms with Crippen LogP contribution >= 0.6 is 0 Å². The third-order valence-electron chi connectivity index (χ3n) is 1.18. The Labute approximate surface area is 61.4 Å². The van der Waals surface area contributed by atoms with Crippen molar-refractivity contribution in [3.63, 3.8) is 0 Å². The van der Waals surface area contributed by atoms with Crippen molar-refractivity contribution in [1.82, 2.24) is 0 Å². The molecule has 0 unspecified atom stereocenters. The summed E-state index contributed by atoms with van der Waals surface area (Å²) >= 11 is 0. The zero-order chi connectivity index (χ0) is 8.04. The molecule has 0 aromatic heterocycles. The molecule has 10 heavy (non-hydrogen) atoms. The van der Waals surface area contributed by atoms with Crippen LogP contribution in [0.3, 0.4) is 0 Å². The van der Waals surface area contributed by atoms with Crippen LogP contribution in [0.2, 0.25) is 0 Å². The quantitative estimate of drug-likeness (QED) is 0.445. The molecular weight excluding hydrogens is 152 g/mol. The summed E-state index contributed by atoms with van der Waals surface area (Å²) < 4.78 is 21.0. The van der Waals surface area contributed by atoms with Gasteiger partial charge < -0.3 is 0 Å². The first kappa shape index (κ1) is 9.62. The molecule has 0 heterocycles. The molecule has 0 aliphatic carbocycles. The minimum absolute atomic E-state index is 0.00431. The summed E-state index contributed by atoms with van der Waals surface area (Å²) in [5.74, 6) is 0.00431. The van der Waals surface area contributed by atoms with Crippen LogP contribution in [-0.2, 0) is 14.6 Å². The summed E-state index contributed by atoms with van der Waals surface area (Å²) in [6.07, 6.45) is 2.43. The standard InChI is InChI=1S/C6H12O3S/c1-2-3-4-5-10(8,9)6-7/h6H,2-5H2,1H3. The minimum Gasteiger partial charge on any atom is -0.285 e. The van der Waals surface area contributed by atoms with Gasteiger partial charge in [0.25, 0.3) is 0 Å². The van der Waals surface area contributed by atoms with Gasteiger partial charge in [-0.15, -0.1) is 0 Å². The van der Waals surface area contributed by atoms with Gasteiger partial charge in [0, 0.05) is 0 Å². The average Bonchev–Trinajstić information content (AvgIpc) is 1.89. The highest BCUT2D eigenvalue weighted by Gasteiger charge is 2.05. The van der Waals surface area contributed by atoms with E-state index >= 15 is 0 Å². The summed E-state index contributed by atoms with van der Waals surface area (Å²) in [5, 5.41) is 0. The van der Waals surface area contributed by atoms with E-state index in [1.165, 1.54) is 0 Å². The van der Waals surface area contributed by atoms with E-state index in [0.29, 0.717) is 6.42 Å². The van der Waals surface area contributed by atoms with Gasteiger partial charge in [-0.05, 0) is 6.42 Å². The van der Waals surface area contributed by atoms with Crippen LogP contribution in [0, 0.1) is 0 Å². The monoisotopic (exact) mass is 164 g/mol. The molecule has 0 aliphatic heterocycles. The summed E-state index contributed by atoms with van der Waals surface area (Å²) in [5.41, 5.74) is 0.0304. The summed E-state index contributed by atoms with van der Waals surface area (Å²) in [6, 6.07) is 0. The second-order valence-electron chi connectivity index (χ2n) is 2.17. The second kappa shape index (κ2) is 4.44. The summed E-state index contributed by atoms with van der Waals surface area (Å²) in [6.45, 7) is 1.98. The normalized spacial score (nSPS) is 11.3. The smallest absolute Gasteiger partial charge is 0.234 e. The number of hydrogen-bond donors (Lipinski definition) is 0. The minimum atomic E-state index is -3.37. The van der Waals surface area contributed by atoms with E-state index in [1.54, 1.807) is 0 Å². The number of rotatable bonds is 5. The van der Waals surface area contributed by atoms with Gasteiger partial charge in [-0.25, -0.2) is 8.42 Å². The molecule has 60 valence electrons. The van der Waals surface area contributed by atoms with Crippen LogP contribution in [0.15, 0.2) is 0 Å². The average molecular weight is 164 g/mol. The predicted molar refractivity (Wildman–Crippen MR) is 40.1 cm³/mol. The molecule has 0 bridgehead atoms. The van der Waals surface area contributed by atoms with E-state index in [9.17, 15) is 13.2 Å². The van der Waals surface area contributed by atoms with Gasteiger partial charge in [-0.1, -0.05) is 19.8 Å². The Bertz CT molecular complexity index is 181. The van der Waals surface area contributed by atoms with Crippen molar-refractivity contribution in [2.75, 3.05) is 5.75 Å². The van der Waals surface area contributed by atoms with Crippen LogP contribution in [-0.4, -0.2) is 19.8 Å². The molecule has 0 saturated carbocycles. The Kier molecular flexibility index (Phi) is 4.27. The second-order valence-corrected chi connectivity index (χ2v) is 4.10. The highest BCUT2D eigenvalue weighted by Crippen LogP contribution is 1.96. The zero-order valence-corrected chi connectivity index (χ0v) is 6.86. The summed E-state index contributed by atoms with van der Waals surface area (Å²) in [4.78, 5) is 9.83. The van der Waals surface area contributed by atoms with E-state index in [-0.39, 0.29) is 11.4 Å². The van der Waals surface area contributed by atoms with E-state index < -0.39 is 9.84 Å². The Balaban J connectivity index is 3.59. The third kappa shape index (κ3) is 4.49. The van der Waals surface area contributed by atoms with Crippen molar-refractivity contribution in [2.24, 2.45) is 0 Å². The van der Waals surface area contributed by atoms with Crippen molar-refractivity contribution in [3.05, 3.63) is 0 Å². The Morgan fingerprint density at radius 1 is 1.30 bits per heavy atom.